The van der Waals surface area contributed by atoms with Crippen molar-refractivity contribution in [1.29, 1.82) is 0 Å². The third-order valence-corrected chi connectivity index (χ3v) is 4.23. The molecule has 0 aromatic heterocycles. The molecule has 0 atom stereocenters. The van der Waals surface area contributed by atoms with Gasteiger partial charge >= 0.3 is 5.97 Å². The van der Waals surface area contributed by atoms with E-state index >= 15 is 0 Å². The van der Waals surface area contributed by atoms with Gasteiger partial charge in [-0.1, -0.05) is 25.6 Å². The Morgan fingerprint density at radius 2 is 2.10 bits per heavy atom. The second kappa shape index (κ2) is 5.72. The van der Waals surface area contributed by atoms with E-state index in [2.05, 4.69) is 31.5 Å². The molecule has 20 heavy (non-hydrogen) atoms. The molecule has 0 amide bonds. The first-order chi connectivity index (χ1) is 9.35. The van der Waals surface area contributed by atoms with Crippen LogP contribution in [0.3, 0.4) is 0 Å². The highest BCUT2D eigenvalue weighted by Crippen LogP contribution is 2.31. The van der Waals surface area contributed by atoms with Crippen LogP contribution in [0.4, 0.5) is 5.69 Å². The molecular weight excluding hydrogens is 266 g/mol. The minimum atomic E-state index is -1.17. The molecule has 1 aromatic carbocycles. The molecule has 0 aliphatic heterocycles. The zero-order valence-electron chi connectivity index (χ0n) is 12.3. The highest BCUT2D eigenvalue weighted by molar-refractivity contribution is 6.76. The Labute approximate surface area is 121 Å². The van der Waals surface area contributed by atoms with Crippen LogP contribution in [0.25, 0.3) is 0 Å². The molecule has 1 aliphatic carbocycles. The summed E-state index contributed by atoms with van der Waals surface area (Å²) >= 11 is 0. The number of rotatable bonds is 3. The van der Waals surface area contributed by atoms with Crippen molar-refractivity contribution in [2.45, 2.75) is 38.5 Å². The van der Waals surface area contributed by atoms with Crippen LogP contribution in [0.5, 0.6) is 5.75 Å². The average Bonchev–Trinajstić information content (AvgIpc) is 3.15. The molecule has 4 heteroatoms. The Hall–Kier alpha value is -1.73. The van der Waals surface area contributed by atoms with Gasteiger partial charge in [-0.3, -0.25) is 4.79 Å². The largest absolute Gasteiger partial charge is 0.426 e. The summed E-state index contributed by atoms with van der Waals surface area (Å²) < 4.78 is 5.33. The quantitative estimate of drug-likeness (QED) is 0.305. The number of nitrogens with two attached hydrogens (primary N) is 1. The number of carbonyl (C=O) groups is 1. The first kappa shape index (κ1) is 14.7. The Morgan fingerprint density at radius 1 is 1.40 bits per heavy atom. The summed E-state index contributed by atoms with van der Waals surface area (Å²) in [5, 5.41) is 0. The van der Waals surface area contributed by atoms with Gasteiger partial charge in [-0.15, -0.1) is 5.92 Å². The summed E-state index contributed by atoms with van der Waals surface area (Å²) in [6.45, 7) is 6.83. The monoisotopic (exact) mass is 287 g/mol. The van der Waals surface area contributed by atoms with E-state index in [1.807, 2.05) is 0 Å². The zero-order chi connectivity index (χ0) is 14.8. The van der Waals surface area contributed by atoms with E-state index in [0.29, 0.717) is 11.4 Å². The molecule has 0 saturated heterocycles. The predicted molar refractivity (Wildman–Crippen MR) is 84.2 cm³/mol. The lowest BCUT2D eigenvalue weighted by Crippen LogP contribution is -2.17. The molecule has 0 bridgehead atoms. The fraction of sp³-hybridized carbons (Fsp3) is 0.438. The number of esters is 1. The molecule has 0 unspecified atom stereocenters. The van der Waals surface area contributed by atoms with E-state index in [4.69, 9.17) is 10.5 Å². The van der Waals surface area contributed by atoms with E-state index in [1.165, 1.54) is 0 Å². The molecule has 1 fully saturated rings. The van der Waals surface area contributed by atoms with E-state index in [1.54, 1.807) is 18.2 Å². The van der Waals surface area contributed by atoms with Crippen molar-refractivity contribution in [1.82, 2.24) is 0 Å². The summed E-state index contributed by atoms with van der Waals surface area (Å²) in [6.07, 6.45) is 1.88. The maximum absolute atomic E-state index is 11.6. The van der Waals surface area contributed by atoms with Gasteiger partial charge in [0, 0.05) is 11.7 Å². The highest BCUT2D eigenvalue weighted by Gasteiger charge is 2.31. The second-order valence-electron chi connectivity index (χ2n) is 6.48. The van der Waals surface area contributed by atoms with Crippen LogP contribution < -0.4 is 10.5 Å². The van der Waals surface area contributed by atoms with E-state index in [9.17, 15) is 4.79 Å². The summed E-state index contributed by atoms with van der Waals surface area (Å²) in [4.78, 5) is 11.6. The molecule has 2 N–H and O–H groups in total. The SMILES string of the molecule is C[Si](C)(C)CC#Cc1cc(OC(=O)C2CC2)ccc1N. The third-order valence-electron chi connectivity index (χ3n) is 3.00. The number of ether oxygens (including phenoxy) is 1. The Kier molecular flexibility index (Phi) is 4.19. The van der Waals surface area contributed by atoms with Gasteiger partial charge in [-0.05, 0) is 31.0 Å². The number of hydrogen-bond donors (Lipinski definition) is 1. The summed E-state index contributed by atoms with van der Waals surface area (Å²) in [5.74, 6) is 6.77. The smallest absolute Gasteiger partial charge is 0.314 e. The van der Waals surface area contributed by atoms with E-state index in [-0.39, 0.29) is 11.9 Å². The number of nitrogen functional groups attached to an aromatic ring is 1. The molecule has 1 saturated carbocycles. The standard InChI is InChI=1S/C16H21NO2Si/c1-20(2,3)10-4-5-13-11-14(8-9-15(13)17)19-16(18)12-6-7-12/h8-9,11-12H,6-7,10,17H2,1-3H3. The van der Waals surface area contributed by atoms with Gasteiger partial charge in [0.15, 0.2) is 0 Å². The van der Waals surface area contributed by atoms with Gasteiger partial charge in [0.1, 0.15) is 5.75 Å². The van der Waals surface area contributed by atoms with Crippen molar-refractivity contribution >= 4 is 19.7 Å². The average molecular weight is 287 g/mol. The van der Waals surface area contributed by atoms with Gasteiger partial charge in [0.05, 0.1) is 19.6 Å². The van der Waals surface area contributed by atoms with Crippen molar-refractivity contribution in [2.24, 2.45) is 5.92 Å². The van der Waals surface area contributed by atoms with Crippen molar-refractivity contribution in [3.8, 4) is 17.6 Å². The first-order valence-corrected chi connectivity index (χ1v) is 10.7. The fourth-order valence-corrected chi connectivity index (χ4v) is 2.25. The maximum atomic E-state index is 11.6. The second-order valence-corrected chi connectivity index (χ2v) is 12.0. The maximum Gasteiger partial charge on any atom is 0.314 e. The Bertz CT molecular complexity index is 574. The van der Waals surface area contributed by atoms with E-state index in [0.717, 1.165) is 24.4 Å². The molecule has 0 radical (unpaired) electrons. The lowest BCUT2D eigenvalue weighted by Gasteiger charge is -2.09. The fourth-order valence-electron chi connectivity index (χ4n) is 1.63. The van der Waals surface area contributed by atoms with Crippen LogP contribution in [0.2, 0.25) is 25.7 Å². The number of hydrogen-bond acceptors (Lipinski definition) is 3. The van der Waals surface area contributed by atoms with Gasteiger partial charge in [-0.25, -0.2) is 0 Å². The predicted octanol–water partition coefficient (Wildman–Crippen LogP) is 3.27. The van der Waals surface area contributed by atoms with Crippen LogP contribution in [-0.4, -0.2) is 14.0 Å². The zero-order valence-corrected chi connectivity index (χ0v) is 13.3. The Morgan fingerprint density at radius 3 is 2.70 bits per heavy atom. The van der Waals surface area contributed by atoms with Crippen LogP contribution >= 0.6 is 0 Å². The summed E-state index contributed by atoms with van der Waals surface area (Å²) in [5.41, 5.74) is 7.28. The molecule has 106 valence electrons. The molecular formula is C16H21NO2Si. The summed E-state index contributed by atoms with van der Waals surface area (Å²) in [7, 11) is -1.17. The minimum Gasteiger partial charge on any atom is -0.426 e. The number of carbonyl (C=O) groups excluding carboxylic acids is 1. The summed E-state index contributed by atoms with van der Waals surface area (Å²) in [6, 6.07) is 6.15. The van der Waals surface area contributed by atoms with Crippen LogP contribution in [-0.2, 0) is 4.79 Å². The van der Waals surface area contributed by atoms with Crippen molar-refractivity contribution in [2.75, 3.05) is 5.73 Å². The topological polar surface area (TPSA) is 52.3 Å². The van der Waals surface area contributed by atoms with E-state index < -0.39 is 8.07 Å². The molecule has 0 heterocycles. The first-order valence-electron chi connectivity index (χ1n) is 6.95. The number of benzene rings is 1. The van der Waals surface area contributed by atoms with Crippen molar-refractivity contribution in [3.63, 3.8) is 0 Å². The van der Waals surface area contributed by atoms with Crippen LogP contribution in [0.15, 0.2) is 18.2 Å². The van der Waals surface area contributed by atoms with Crippen LogP contribution in [0, 0.1) is 17.8 Å². The molecule has 3 nitrogen and oxygen atoms in total. The Balaban J connectivity index is 2.09. The normalized spacial score (nSPS) is 14.3. The van der Waals surface area contributed by atoms with Gasteiger partial charge in [0.2, 0.25) is 0 Å². The van der Waals surface area contributed by atoms with Crippen LogP contribution in [0.1, 0.15) is 18.4 Å². The molecule has 1 aliphatic rings. The highest BCUT2D eigenvalue weighted by atomic mass is 28.3. The van der Waals surface area contributed by atoms with Gasteiger partial charge in [-0.2, -0.15) is 0 Å². The molecule has 0 spiro atoms. The van der Waals surface area contributed by atoms with Gasteiger partial charge < -0.3 is 10.5 Å². The van der Waals surface area contributed by atoms with Crippen molar-refractivity contribution < 1.29 is 9.53 Å². The van der Waals surface area contributed by atoms with Crippen molar-refractivity contribution in [3.05, 3.63) is 23.8 Å². The molecule has 1 aromatic rings. The van der Waals surface area contributed by atoms with Gasteiger partial charge in [0.25, 0.3) is 0 Å². The lowest BCUT2D eigenvalue weighted by molar-refractivity contribution is -0.135. The molecule has 2 rings (SSSR count). The third kappa shape index (κ3) is 4.43. The number of anilines is 1. The minimum absolute atomic E-state index is 0.0916. The lowest BCUT2D eigenvalue weighted by atomic mass is 10.2.